The van der Waals surface area contributed by atoms with E-state index in [0.29, 0.717) is 0 Å². The average molecular weight is 138 g/mol. The molecule has 0 aliphatic rings. The Morgan fingerprint density at radius 2 is 1.57 bits per heavy atom. The van der Waals surface area contributed by atoms with Gasteiger partial charge in [-0.05, 0) is 0 Å². The van der Waals surface area contributed by atoms with Crippen molar-refractivity contribution >= 4 is 15.7 Å². The second-order valence-electron chi connectivity index (χ2n) is 2.43. The average Bonchev–Trinajstić information content (AvgIpc) is 1.31. The fourth-order valence-electron chi connectivity index (χ4n) is 0. The Labute approximate surface area is 46.7 Å². The third-order valence-corrected chi connectivity index (χ3v) is 3.46. The summed E-state index contributed by atoms with van der Waals surface area (Å²) in [6.45, 7) is 5.52. The van der Waals surface area contributed by atoms with Gasteiger partial charge in [-0.1, -0.05) is 0 Å². The monoisotopic (exact) mass is 138 g/mol. The van der Waals surface area contributed by atoms with Gasteiger partial charge >= 0.3 is 45.8 Å². The third-order valence-electron chi connectivity index (χ3n) is 0.554. The zero-order valence-corrected chi connectivity index (χ0v) is 6.56. The molecule has 0 amide bonds. The van der Waals surface area contributed by atoms with Crippen LogP contribution in [0.5, 0.6) is 0 Å². The third kappa shape index (κ3) is 3.26. The van der Waals surface area contributed by atoms with Crippen LogP contribution in [0.15, 0.2) is 0 Å². The number of rotatable bonds is 0. The molecule has 0 nitrogen and oxygen atoms in total. The Balaban J connectivity index is 3.89. The molecular formula is C4H9FP2. The van der Waals surface area contributed by atoms with Crippen LogP contribution in [-0.4, -0.2) is 5.16 Å². The predicted molar refractivity (Wildman–Crippen MR) is 34.7 cm³/mol. The van der Waals surface area contributed by atoms with E-state index in [9.17, 15) is 4.20 Å². The SMILES string of the molecule is CC(C)(C)P(F)#P. The predicted octanol–water partition coefficient (Wildman–Crippen LogP) is 3.48. The van der Waals surface area contributed by atoms with Gasteiger partial charge in [-0.15, -0.1) is 0 Å². The molecular weight excluding hydrogens is 129 g/mol. The van der Waals surface area contributed by atoms with Crippen LogP contribution in [0.3, 0.4) is 0 Å². The van der Waals surface area contributed by atoms with Crippen LogP contribution in [0.2, 0.25) is 0 Å². The molecule has 0 aromatic heterocycles. The topological polar surface area (TPSA) is 0 Å². The van der Waals surface area contributed by atoms with Crippen LogP contribution in [0.25, 0.3) is 0 Å². The van der Waals surface area contributed by atoms with E-state index in [1.54, 1.807) is 0 Å². The van der Waals surface area contributed by atoms with E-state index in [-0.39, 0.29) is 5.16 Å². The van der Waals surface area contributed by atoms with Gasteiger partial charge in [-0.3, -0.25) is 0 Å². The van der Waals surface area contributed by atoms with Crippen molar-refractivity contribution < 1.29 is 4.20 Å². The molecule has 0 saturated heterocycles. The van der Waals surface area contributed by atoms with E-state index in [0.717, 1.165) is 0 Å². The fourth-order valence-corrected chi connectivity index (χ4v) is 0. The van der Waals surface area contributed by atoms with Gasteiger partial charge in [0.1, 0.15) is 0 Å². The summed E-state index contributed by atoms with van der Waals surface area (Å²) in [4.78, 5) is 0. The molecule has 7 heavy (non-hydrogen) atoms. The molecule has 1 unspecified atom stereocenters. The quantitative estimate of drug-likeness (QED) is 0.449. The molecule has 0 aliphatic carbocycles. The maximum atomic E-state index is 12.1. The normalized spacial score (nSPS) is 13.9. The number of halogens is 1. The molecule has 1 atom stereocenters. The van der Waals surface area contributed by atoms with Gasteiger partial charge in [0.25, 0.3) is 0 Å². The molecule has 42 valence electrons. The zero-order chi connectivity index (χ0) is 6.08. The molecule has 0 rings (SSSR count). The van der Waals surface area contributed by atoms with Gasteiger partial charge in [0.15, 0.2) is 0 Å². The molecule has 0 N–H and O–H groups in total. The van der Waals surface area contributed by atoms with Crippen molar-refractivity contribution in [3.8, 4) is 0 Å². The molecule has 0 heterocycles. The molecule has 0 saturated carbocycles. The first kappa shape index (κ1) is 7.66. The van der Waals surface area contributed by atoms with Gasteiger partial charge in [0, 0.05) is 0 Å². The Kier molecular flexibility index (Phi) is 2.50. The van der Waals surface area contributed by atoms with E-state index in [4.69, 9.17) is 0 Å². The Morgan fingerprint density at radius 1 is 1.43 bits per heavy atom. The second-order valence-corrected chi connectivity index (χ2v) is 5.35. The van der Waals surface area contributed by atoms with E-state index < -0.39 is 7.33 Å². The van der Waals surface area contributed by atoms with Gasteiger partial charge in [0.2, 0.25) is 0 Å². The Morgan fingerprint density at radius 3 is 1.57 bits per heavy atom. The van der Waals surface area contributed by atoms with Crippen molar-refractivity contribution in [2.75, 3.05) is 0 Å². The van der Waals surface area contributed by atoms with Crippen LogP contribution >= 0.6 is 15.7 Å². The van der Waals surface area contributed by atoms with Crippen molar-refractivity contribution in [2.24, 2.45) is 0 Å². The van der Waals surface area contributed by atoms with Crippen molar-refractivity contribution in [1.29, 1.82) is 0 Å². The summed E-state index contributed by atoms with van der Waals surface area (Å²) >= 11 is 0. The number of hydrogen-bond donors (Lipinski definition) is 0. The summed E-state index contributed by atoms with van der Waals surface area (Å²) in [6.07, 6.45) is 0. The zero-order valence-electron chi connectivity index (χ0n) is 4.77. The van der Waals surface area contributed by atoms with Crippen molar-refractivity contribution in [3.05, 3.63) is 0 Å². The van der Waals surface area contributed by atoms with Crippen molar-refractivity contribution in [3.63, 3.8) is 0 Å². The van der Waals surface area contributed by atoms with Crippen LogP contribution < -0.4 is 0 Å². The summed E-state index contributed by atoms with van der Waals surface area (Å²) < 4.78 is 12.1. The first-order valence-corrected chi connectivity index (χ1v) is 4.48. The minimum absolute atomic E-state index is 0.238. The first-order valence-electron chi connectivity index (χ1n) is 2.09. The number of hydrogen-bond acceptors (Lipinski definition) is 0. The Bertz CT molecular complexity index is 114. The van der Waals surface area contributed by atoms with Crippen molar-refractivity contribution in [1.82, 2.24) is 0 Å². The molecule has 0 aromatic rings. The molecule has 0 spiro atoms. The summed E-state index contributed by atoms with van der Waals surface area (Å²) in [7, 11) is 2.13. The van der Waals surface area contributed by atoms with E-state index in [1.165, 1.54) is 0 Å². The summed E-state index contributed by atoms with van der Waals surface area (Å²) in [5.41, 5.74) is 0. The Hall–Kier alpha value is 0.660. The van der Waals surface area contributed by atoms with Gasteiger partial charge in [-0.2, -0.15) is 0 Å². The molecule has 0 fully saturated rings. The summed E-state index contributed by atoms with van der Waals surface area (Å²) in [6, 6.07) is 0. The summed E-state index contributed by atoms with van der Waals surface area (Å²) in [5.74, 6) is 0. The van der Waals surface area contributed by atoms with E-state index in [2.05, 4.69) is 8.34 Å². The molecule has 0 radical (unpaired) electrons. The van der Waals surface area contributed by atoms with Gasteiger partial charge in [-0.25, -0.2) is 0 Å². The van der Waals surface area contributed by atoms with Crippen LogP contribution in [0.4, 0.5) is 4.20 Å². The van der Waals surface area contributed by atoms with Gasteiger partial charge in [0.05, 0.1) is 0 Å². The summed E-state index contributed by atoms with van der Waals surface area (Å²) in [5, 5.41) is -0.238. The second kappa shape index (κ2) is 2.29. The van der Waals surface area contributed by atoms with E-state index in [1.807, 2.05) is 20.8 Å². The molecule has 0 aromatic carbocycles. The van der Waals surface area contributed by atoms with Crippen LogP contribution in [0, 0.1) is 0 Å². The molecule has 0 bridgehead atoms. The van der Waals surface area contributed by atoms with Gasteiger partial charge < -0.3 is 0 Å². The molecule has 0 aliphatic heterocycles. The maximum absolute atomic E-state index is 12.1. The van der Waals surface area contributed by atoms with Crippen LogP contribution in [0.1, 0.15) is 20.8 Å². The fraction of sp³-hybridized carbons (Fsp3) is 1.00. The van der Waals surface area contributed by atoms with E-state index >= 15 is 0 Å². The molecule has 3 heteroatoms. The minimum atomic E-state index is -1.55. The first-order chi connectivity index (χ1) is 2.94. The standard InChI is InChI=1S/C4H9FP2/c1-4(2,3)7(5)6/h1-3H3. The van der Waals surface area contributed by atoms with Crippen LogP contribution in [-0.2, 0) is 0 Å². The van der Waals surface area contributed by atoms with Crippen molar-refractivity contribution in [2.45, 2.75) is 25.9 Å².